The van der Waals surface area contributed by atoms with Gasteiger partial charge in [0.1, 0.15) is 90.6 Å². The summed E-state index contributed by atoms with van der Waals surface area (Å²) in [7, 11) is 0. The number of amides is 17. The average molecular weight is 1960 g/mol. The fourth-order valence-corrected chi connectivity index (χ4v) is 14.0. The van der Waals surface area contributed by atoms with Crippen LogP contribution < -0.4 is 146 Å². The van der Waals surface area contributed by atoms with E-state index in [1.165, 1.54) is 11.8 Å². The molecule has 0 unspecified atom stereocenters. The highest BCUT2D eigenvalue weighted by Gasteiger charge is 2.41. The van der Waals surface area contributed by atoms with Gasteiger partial charge in [-0.3, -0.25) is 108 Å². The maximum absolute atomic E-state index is 14.9. The van der Waals surface area contributed by atoms with Crippen molar-refractivity contribution >= 4 is 173 Å². The van der Waals surface area contributed by atoms with E-state index in [1.807, 2.05) is 5.32 Å². The first-order valence-electron chi connectivity index (χ1n) is 43.8. The third kappa shape index (κ3) is 48.6. The number of carbonyl (C=O) groups excluding carboxylic acids is 17. The van der Waals surface area contributed by atoms with Crippen molar-refractivity contribution in [2.45, 2.75) is 273 Å². The molecule has 1 aliphatic rings. The average Bonchev–Trinajstić information content (AvgIpc) is 0.900. The van der Waals surface area contributed by atoms with Crippen molar-refractivity contribution < 1.29 is 106 Å². The Balaban J connectivity index is 3.88. The smallest absolute Gasteiger partial charge is 0.326 e. The van der Waals surface area contributed by atoms with Gasteiger partial charge < -0.3 is 162 Å². The second-order valence-electron chi connectivity index (χ2n) is 32.3. The monoisotopic (exact) mass is 1960 g/mol. The van der Waals surface area contributed by atoms with Crippen LogP contribution in [0.3, 0.4) is 0 Å². The van der Waals surface area contributed by atoms with E-state index in [0.717, 1.165) is 20.3 Å². The van der Waals surface area contributed by atoms with E-state index in [2.05, 4.69) is 126 Å². The second-order valence-corrected chi connectivity index (χ2v) is 34.0. The van der Waals surface area contributed by atoms with E-state index >= 15 is 0 Å². The zero-order valence-corrected chi connectivity index (χ0v) is 79.0. The van der Waals surface area contributed by atoms with Crippen LogP contribution in [0.2, 0.25) is 0 Å². The van der Waals surface area contributed by atoms with Crippen LogP contribution in [0.1, 0.15) is 170 Å². The number of thioether (sulfide) groups is 1. The number of rotatable bonds is 68. The molecule has 17 amide bonds. The first kappa shape index (κ1) is 120. The minimum atomic E-state index is -1.98. The molecule has 56 heteroatoms. The number of guanidine groups is 4. The van der Waals surface area contributed by atoms with Crippen molar-refractivity contribution in [3.05, 3.63) is 0 Å². The fraction of sp³-hybridized carbons (Fsp3) is 0.705. The Morgan fingerprint density at radius 3 is 1.11 bits per heavy atom. The number of thiol groups is 2. The van der Waals surface area contributed by atoms with E-state index < -0.39 is 276 Å². The third-order valence-electron chi connectivity index (χ3n) is 20.6. The Morgan fingerprint density at radius 1 is 0.403 bits per heavy atom. The molecule has 1 rings (SSSR count). The van der Waals surface area contributed by atoms with Gasteiger partial charge in [-0.2, -0.15) is 37.0 Å². The zero-order chi connectivity index (χ0) is 102. The number of nitrogens with two attached hydrogens (primary N) is 7. The topological polar surface area (TPSA) is 903 Å². The van der Waals surface area contributed by atoms with E-state index in [9.17, 15) is 101 Å². The molecular weight excluding hydrogens is 1820 g/mol. The van der Waals surface area contributed by atoms with E-state index in [1.54, 1.807) is 34.0 Å². The number of hydrogen-bond donors (Lipinski definition) is 36. The molecule has 0 spiro atoms. The van der Waals surface area contributed by atoms with Gasteiger partial charge in [0, 0.05) is 44.1 Å². The normalized spacial score (nSPS) is 15.9. The first-order valence-corrected chi connectivity index (χ1v) is 46.4. The number of primary amides is 2. The Labute approximate surface area is 791 Å². The molecule has 1 heterocycles. The SMILES string of the molecule is CC[C@H](C)[C@H](NC(=O)[C@H](CCCNC(=N)N)NC(=O)[C@H](CC(N)=O)NC(=O)[C@H](CCCCN)NC(=O)[C@H](CCCNC(=N)N)NC(=O)[C@H](CCC(N)=O)NC(=O)[C@@H](NC(=O)[C@H](CS)NC(=O)[C@H](CCSC)NC(=O)[C@@H]1CCCN1)[C@@H](C)O)C(=O)N[C@@H](CCCNC(=N)N)C(=O)N[C@@H](CC(C)C)C(=O)N[C@@H](CS)C(=O)N[C@@H](CCCNC(=N)N)C(=O)N[C@@H](C)C(=O)N[C@@H](CC(=O)O)C(=O)O. The van der Waals surface area contributed by atoms with Crippen LogP contribution in [0.15, 0.2) is 0 Å². The Hall–Kier alpha value is -12.1. The molecule has 53 nitrogen and oxygen atoms in total. The molecule has 0 saturated carbocycles. The molecule has 41 N–H and O–H groups in total. The number of carboxylic acid groups (broad SMARTS) is 2. The van der Waals surface area contributed by atoms with Crippen molar-refractivity contribution in [1.82, 2.24) is 106 Å². The summed E-state index contributed by atoms with van der Waals surface area (Å²) in [5.74, 6) is -24.2. The van der Waals surface area contributed by atoms with Crippen molar-refractivity contribution in [3.8, 4) is 0 Å². The van der Waals surface area contributed by atoms with Crippen LogP contribution >= 0.6 is 37.0 Å². The summed E-state index contributed by atoms with van der Waals surface area (Å²) in [6, 6.07) is -25.0. The standard InChI is InChI=1S/C78H141N31O22S3/c1-8-38(4)57(72(128)101-45(20-14-29-93-77(86)87)64(120)103-49(32-37(2)3)68(124)107-52(35-132)70(126)99-43(18-12-27-91-75(82)83)61(117)95-39(5)59(115)105-51(74(130)131)34-56(113)114)108-67(123)46(21-15-30-94-78(88)89)98-69(125)50(33-55(81)112)104-63(119)42(16-9-10-25-79)96-62(118)44(19-13-28-92-76(84)85)97-65(121)47(22-23-54(80)111)102-73(129)58(40(6)110)109-71(127)53(36-133)106-66(122)48(24-31-134-7)100-60(116)41-17-11-26-90-41/h37-53,57-58,90,110,132-133H,8-36,79H2,1-7H3,(H2,80,111)(H2,81,112)(H,95,117)(H,96,118)(H,97,121)(H,98,125)(H,99,126)(H,100,116)(H,101,128)(H,102,129)(H,103,120)(H,104,119)(H,105,115)(H,106,122)(H,107,124)(H,108,123)(H,109,127)(H,113,114)(H,130,131)(H4,82,83,91)(H4,84,85,92)(H4,86,87,93)(H4,88,89,94)/t38-,39-,40+,41-,42-,43-,44-,45-,46-,47-,48-,49-,50-,51-,52-,53-,57-,58-/m0/s1. The van der Waals surface area contributed by atoms with Gasteiger partial charge in [-0.1, -0.05) is 34.1 Å². The molecule has 0 aromatic heterocycles. The summed E-state index contributed by atoms with van der Waals surface area (Å²) >= 11 is 9.90. The number of carboxylic acids is 2. The first-order chi connectivity index (χ1) is 63.0. The maximum Gasteiger partial charge on any atom is 0.326 e. The number of aliphatic carboxylic acids is 2. The number of carbonyl (C=O) groups is 19. The van der Waals surface area contributed by atoms with E-state index in [0.29, 0.717) is 18.7 Å². The van der Waals surface area contributed by atoms with Gasteiger partial charge in [0.15, 0.2) is 23.8 Å². The third-order valence-corrected chi connectivity index (χ3v) is 22.0. The summed E-state index contributed by atoms with van der Waals surface area (Å²) in [6.07, 6.45) is -2.77. The molecular formula is C78H141N31O22S3. The quantitative estimate of drug-likeness (QED) is 0.0116. The highest BCUT2D eigenvalue weighted by atomic mass is 32.2. The minimum Gasteiger partial charge on any atom is -0.481 e. The van der Waals surface area contributed by atoms with Crippen LogP contribution in [-0.4, -0.2) is 317 Å². The lowest BCUT2D eigenvalue weighted by Crippen LogP contribution is -2.62. The molecule has 18 atom stereocenters. The van der Waals surface area contributed by atoms with Gasteiger partial charge in [0.25, 0.3) is 0 Å². The summed E-state index contributed by atoms with van der Waals surface area (Å²) in [5.41, 5.74) is 39.1. The predicted molar refractivity (Wildman–Crippen MR) is 499 cm³/mol. The largest absolute Gasteiger partial charge is 0.481 e. The van der Waals surface area contributed by atoms with Gasteiger partial charge in [-0.15, -0.1) is 0 Å². The highest BCUT2D eigenvalue weighted by Crippen LogP contribution is 2.17. The number of nitrogens with one attached hydrogen (secondary N) is 24. The van der Waals surface area contributed by atoms with Crippen molar-refractivity contribution in [1.29, 1.82) is 21.6 Å². The highest BCUT2D eigenvalue weighted by molar-refractivity contribution is 7.98. The van der Waals surface area contributed by atoms with Gasteiger partial charge in [0.05, 0.1) is 25.0 Å². The second kappa shape index (κ2) is 64.7. The molecule has 0 radical (unpaired) electrons. The van der Waals surface area contributed by atoms with Crippen LogP contribution in [0, 0.1) is 33.5 Å². The Kier molecular flexibility index (Phi) is 57.9. The van der Waals surface area contributed by atoms with Gasteiger partial charge in [-0.25, -0.2) is 4.79 Å². The summed E-state index contributed by atoms with van der Waals surface area (Å²) in [4.78, 5) is 262. The lowest BCUT2D eigenvalue weighted by molar-refractivity contribution is -0.147. The Bertz CT molecular complexity index is 3990. The van der Waals surface area contributed by atoms with Gasteiger partial charge >= 0.3 is 11.9 Å². The molecule has 0 aromatic rings. The number of unbranched alkanes of at least 4 members (excludes halogenated alkanes) is 1. The Morgan fingerprint density at radius 2 is 0.746 bits per heavy atom. The zero-order valence-electron chi connectivity index (χ0n) is 76.4. The van der Waals surface area contributed by atoms with Crippen LogP contribution in [-0.2, 0) is 91.1 Å². The summed E-state index contributed by atoms with van der Waals surface area (Å²) in [6.45, 7) is 9.23. The van der Waals surface area contributed by atoms with Crippen LogP contribution in [0.5, 0.6) is 0 Å². The molecule has 0 aliphatic carbocycles. The van der Waals surface area contributed by atoms with Gasteiger partial charge in [0.2, 0.25) is 100 Å². The molecule has 0 bridgehead atoms. The van der Waals surface area contributed by atoms with Crippen molar-refractivity contribution in [2.24, 2.45) is 52.0 Å². The molecule has 1 aliphatic heterocycles. The molecule has 758 valence electrons. The lowest BCUT2D eigenvalue weighted by atomic mass is 9.96. The van der Waals surface area contributed by atoms with Crippen LogP contribution in [0.4, 0.5) is 0 Å². The van der Waals surface area contributed by atoms with E-state index in [4.69, 9.17) is 66.9 Å². The predicted octanol–water partition coefficient (Wildman–Crippen LogP) is -11.0. The summed E-state index contributed by atoms with van der Waals surface area (Å²) < 4.78 is 0. The maximum atomic E-state index is 14.9. The van der Waals surface area contributed by atoms with Crippen molar-refractivity contribution in [2.75, 3.05) is 62.8 Å². The summed E-state index contributed by atoms with van der Waals surface area (Å²) in [5, 5.41) is 111. The minimum absolute atomic E-state index is 0.00162. The fourth-order valence-electron chi connectivity index (χ4n) is 13.1. The number of aliphatic hydroxyl groups is 1. The molecule has 0 aromatic carbocycles. The van der Waals surface area contributed by atoms with Gasteiger partial charge in [-0.05, 0) is 154 Å². The van der Waals surface area contributed by atoms with E-state index in [-0.39, 0.29) is 134 Å². The number of aliphatic hydroxyl groups excluding tert-OH is 1. The number of hydrogen-bond acceptors (Lipinski definition) is 29. The van der Waals surface area contributed by atoms with Crippen molar-refractivity contribution in [3.63, 3.8) is 0 Å². The lowest BCUT2D eigenvalue weighted by Gasteiger charge is -2.30. The molecule has 1 saturated heterocycles. The molecule has 1 fully saturated rings. The van der Waals surface area contributed by atoms with Crippen LogP contribution in [0.25, 0.3) is 0 Å². The molecule has 134 heavy (non-hydrogen) atoms.